The minimum Gasteiger partial charge on any atom is -0.476 e. The Kier molecular flexibility index (Phi) is 7.28. The second-order valence-corrected chi connectivity index (χ2v) is 9.40. The molecule has 7 heteroatoms. The van der Waals surface area contributed by atoms with Crippen molar-refractivity contribution in [3.8, 4) is 28.3 Å². The van der Waals surface area contributed by atoms with Crippen molar-refractivity contribution in [2.24, 2.45) is 0 Å². The molecule has 0 saturated carbocycles. The molecular weight excluding hydrogens is 415 g/mol. The van der Waals surface area contributed by atoms with Gasteiger partial charge in [-0.05, 0) is 54.4 Å². The average Bonchev–Trinajstić information content (AvgIpc) is 2.79. The van der Waals surface area contributed by atoms with E-state index in [-0.39, 0.29) is 16.5 Å². The Morgan fingerprint density at radius 2 is 1.65 bits per heavy atom. The number of rotatable bonds is 9. The van der Waals surface area contributed by atoms with Crippen LogP contribution >= 0.6 is 0 Å². The predicted octanol–water partition coefficient (Wildman–Crippen LogP) is 5.57. The van der Waals surface area contributed by atoms with E-state index in [0.717, 1.165) is 35.2 Å². The topological polar surface area (TPSA) is 68.3 Å². The molecule has 31 heavy (non-hydrogen) atoms. The van der Waals surface area contributed by atoms with Crippen LogP contribution < -0.4 is 10.1 Å². The predicted molar refractivity (Wildman–Crippen MR) is 123 cm³/mol. The molecule has 5 nitrogen and oxygen atoms in total. The van der Waals surface area contributed by atoms with Crippen LogP contribution in [0.1, 0.15) is 26.7 Å². The van der Waals surface area contributed by atoms with Gasteiger partial charge in [-0.3, -0.25) is 0 Å². The molecule has 1 aromatic heterocycles. The summed E-state index contributed by atoms with van der Waals surface area (Å²) in [6.07, 6.45) is 1.91. The molecule has 0 aliphatic rings. The van der Waals surface area contributed by atoms with E-state index in [9.17, 15) is 12.8 Å². The summed E-state index contributed by atoms with van der Waals surface area (Å²) in [5.74, 6) is 0.192. The number of halogens is 1. The quantitative estimate of drug-likeness (QED) is 0.439. The molecule has 164 valence electrons. The zero-order chi connectivity index (χ0) is 22.4. The second-order valence-electron chi connectivity index (χ2n) is 7.12. The number of ether oxygens (including phenoxy) is 1. The first kappa shape index (κ1) is 22.7. The highest BCUT2D eigenvalue weighted by Gasteiger charge is 2.17. The summed E-state index contributed by atoms with van der Waals surface area (Å²) in [7, 11) is -1.49. The lowest BCUT2D eigenvalue weighted by Gasteiger charge is -2.16. The van der Waals surface area contributed by atoms with Crippen molar-refractivity contribution in [1.29, 1.82) is 0 Å². The third-order valence-corrected chi connectivity index (χ3v) is 6.77. The Hall–Kier alpha value is -2.93. The summed E-state index contributed by atoms with van der Waals surface area (Å²) in [5, 5.41) is 3.12. The van der Waals surface area contributed by atoms with Crippen molar-refractivity contribution in [3.05, 3.63) is 60.4 Å². The Labute approximate surface area is 183 Å². The van der Waals surface area contributed by atoms with Gasteiger partial charge in [-0.1, -0.05) is 32.4 Å². The van der Waals surface area contributed by atoms with E-state index in [1.165, 1.54) is 12.1 Å². The number of pyridine rings is 1. The van der Waals surface area contributed by atoms with Crippen molar-refractivity contribution >= 4 is 15.5 Å². The number of unbranched alkanes of at least 4 members (excludes halogenated alkanes) is 1. The van der Waals surface area contributed by atoms with Crippen LogP contribution in [0.5, 0.6) is 5.88 Å². The van der Waals surface area contributed by atoms with Gasteiger partial charge in [0.25, 0.3) is 0 Å². The summed E-state index contributed by atoms with van der Waals surface area (Å²) >= 11 is 0. The van der Waals surface area contributed by atoms with Gasteiger partial charge in [-0.2, -0.15) is 0 Å². The zero-order valence-corrected chi connectivity index (χ0v) is 18.8. The lowest BCUT2D eigenvalue weighted by molar-refractivity contribution is 0.300. The molecule has 3 aromatic rings. The van der Waals surface area contributed by atoms with Crippen LogP contribution in [0.4, 0.5) is 10.1 Å². The van der Waals surface area contributed by atoms with E-state index in [4.69, 9.17) is 9.72 Å². The fraction of sp³-hybridized carbons (Fsp3) is 0.292. The van der Waals surface area contributed by atoms with Crippen LogP contribution in [0, 0.1) is 5.82 Å². The van der Waals surface area contributed by atoms with Crippen LogP contribution in [0.2, 0.25) is 0 Å². The molecule has 0 fully saturated rings. The lowest BCUT2D eigenvalue weighted by atomic mass is 9.98. The number of sulfone groups is 1. The minimum atomic E-state index is -3.29. The van der Waals surface area contributed by atoms with Gasteiger partial charge >= 0.3 is 0 Å². The van der Waals surface area contributed by atoms with Crippen molar-refractivity contribution in [2.45, 2.75) is 31.6 Å². The smallest absolute Gasteiger partial charge is 0.237 e. The molecule has 0 atom stereocenters. The first-order chi connectivity index (χ1) is 14.9. The normalized spacial score (nSPS) is 11.4. The summed E-state index contributed by atoms with van der Waals surface area (Å²) in [6.45, 7) is 4.26. The number of aromatic nitrogens is 1. The Bertz CT molecular complexity index is 1130. The van der Waals surface area contributed by atoms with E-state index in [0.29, 0.717) is 18.2 Å². The number of nitrogens with zero attached hydrogens (tertiary/aromatic N) is 1. The van der Waals surface area contributed by atoms with Crippen LogP contribution in [0.15, 0.2) is 59.5 Å². The summed E-state index contributed by atoms with van der Waals surface area (Å²) in [6, 6.07) is 14.8. The Morgan fingerprint density at radius 3 is 2.23 bits per heavy atom. The summed E-state index contributed by atoms with van der Waals surface area (Å²) < 4.78 is 43.7. The fourth-order valence-corrected chi connectivity index (χ4v) is 4.04. The number of hydrogen-bond acceptors (Lipinski definition) is 5. The lowest BCUT2D eigenvalue weighted by Crippen LogP contribution is -2.05. The molecule has 0 amide bonds. The molecule has 1 heterocycles. The van der Waals surface area contributed by atoms with Crippen molar-refractivity contribution in [3.63, 3.8) is 0 Å². The third-order valence-electron chi connectivity index (χ3n) is 5.02. The highest BCUT2D eigenvalue weighted by Crippen LogP contribution is 2.37. The van der Waals surface area contributed by atoms with E-state index < -0.39 is 9.84 Å². The van der Waals surface area contributed by atoms with Crippen LogP contribution in [0.3, 0.4) is 0 Å². The van der Waals surface area contributed by atoms with Gasteiger partial charge in [0.05, 0.1) is 28.6 Å². The molecule has 2 aromatic carbocycles. The average molecular weight is 443 g/mol. The van der Waals surface area contributed by atoms with Crippen molar-refractivity contribution in [2.75, 3.05) is 24.7 Å². The van der Waals surface area contributed by atoms with Crippen LogP contribution in [-0.4, -0.2) is 32.8 Å². The summed E-state index contributed by atoms with van der Waals surface area (Å²) in [5.41, 5.74) is 3.70. The maximum absolute atomic E-state index is 13.5. The van der Waals surface area contributed by atoms with Crippen molar-refractivity contribution < 1.29 is 17.5 Å². The minimum absolute atomic E-state index is 0.0441. The van der Waals surface area contributed by atoms with Crippen molar-refractivity contribution in [1.82, 2.24) is 4.98 Å². The first-order valence-electron chi connectivity index (χ1n) is 10.3. The summed E-state index contributed by atoms with van der Waals surface area (Å²) in [4.78, 5) is 5.03. The van der Waals surface area contributed by atoms with Gasteiger partial charge in [0.15, 0.2) is 9.84 Å². The molecule has 0 saturated heterocycles. The van der Waals surface area contributed by atoms with Gasteiger partial charge < -0.3 is 10.1 Å². The molecule has 0 aliphatic carbocycles. The van der Waals surface area contributed by atoms with E-state index in [2.05, 4.69) is 12.2 Å². The van der Waals surface area contributed by atoms with E-state index in [1.807, 2.05) is 6.07 Å². The first-order valence-corrected chi connectivity index (χ1v) is 12.0. The van der Waals surface area contributed by atoms with Gasteiger partial charge in [-0.25, -0.2) is 17.8 Å². The maximum Gasteiger partial charge on any atom is 0.237 e. The van der Waals surface area contributed by atoms with Gasteiger partial charge in [0.2, 0.25) is 5.88 Å². The Balaban J connectivity index is 2.14. The maximum atomic E-state index is 13.5. The second kappa shape index (κ2) is 9.92. The molecule has 0 unspecified atom stereocenters. The SMILES string of the molecule is CCCCOc1nc(-c2ccc(F)cc2)c(-c2ccc(S(=O)(=O)CC)cc2)cc1NC. The van der Waals surface area contributed by atoms with Gasteiger partial charge in [0.1, 0.15) is 5.82 Å². The molecule has 0 aliphatic heterocycles. The highest BCUT2D eigenvalue weighted by atomic mass is 32.2. The number of nitrogens with one attached hydrogen (secondary N) is 1. The Morgan fingerprint density at radius 1 is 1.00 bits per heavy atom. The molecular formula is C24H27FN2O3S. The highest BCUT2D eigenvalue weighted by molar-refractivity contribution is 7.91. The van der Waals surface area contributed by atoms with Crippen LogP contribution in [0.25, 0.3) is 22.4 Å². The third kappa shape index (κ3) is 5.22. The van der Waals surface area contributed by atoms with Crippen LogP contribution in [-0.2, 0) is 9.84 Å². The fourth-order valence-electron chi connectivity index (χ4n) is 3.16. The standard InChI is InChI=1S/C24H27FN2O3S/c1-4-6-15-30-24-22(26-3)16-21(23(27-24)18-7-11-19(25)12-8-18)17-9-13-20(14-10-17)31(28,29)5-2/h7-14,16,26H,4-6,15H2,1-3H3. The monoisotopic (exact) mass is 442 g/mol. The molecule has 0 bridgehead atoms. The molecule has 0 spiro atoms. The zero-order valence-electron chi connectivity index (χ0n) is 18.0. The number of anilines is 1. The molecule has 1 N–H and O–H groups in total. The largest absolute Gasteiger partial charge is 0.476 e. The van der Waals surface area contributed by atoms with Gasteiger partial charge in [-0.15, -0.1) is 0 Å². The molecule has 0 radical (unpaired) electrons. The van der Waals surface area contributed by atoms with E-state index in [1.54, 1.807) is 50.4 Å². The number of hydrogen-bond donors (Lipinski definition) is 1. The number of benzene rings is 2. The van der Waals surface area contributed by atoms with E-state index >= 15 is 0 Å². The van der Waals surface area contributed by atoms with Gasteiger partial charge in [0, 0.05) is 18.2 Å². The molecule has 3 rings (SSSR count).